The third-order valence-corrected chi connectivity index (χ3v) is 5.83. The van der Waals surface area contributed by atoms with Crippen LogP contribution in [-0.2, 0) is 12.7 Å². The van der Waals surface area contributed by atoms with Crippen LogP contribution in [-0.4, -0.2) is 30.2 Å². The van der Waals surface area contributed by atoms with Crippen molar-refractivity contribution in [2.75, 3.05) is 7.11 Å². The van der Waals surface area contributed by atoms with E-state index < -0.39 is 11.7 Å². The van der Waals surface area contributed by atoms with E-state index in [2.05, 4.69) is 29.2 Å². The zero-order chi connectivity index (χ0) is 19.7. The Morgan fingerprint density at radius 1 is 0.964 bits per heavy atom. The number of benzene rings is 2. The number of fused-ring (bicyclic) bond motifs is 2. The van der Waals surface area contributed by atoms with Crippen molar-refractivity contribution in [3.63, 3.8) is 0 Å². The molecule has 0 radical (unpaired) electrons. The first-order valence-corrected chi connectivity index (χ1v) is 9.65. The van der Waals surface area contributed by atoms with E-state index in [4.69, 9.17) is 9.47 Å². The highest BCUT2D eigenvalue weighted by Gasteiger charge is 2.41. The van der Waals surface area contributed by atoms with E-state index in [-0.39, 0.29) is 11.9 Å². The second kappa shape index (κ2) is 7.66. The Labute approximate surface area is 163 Å². The van der Waals surface area contributed by atoms with Crippen LogP contribution in [0.4, 0.5) is 13.2 Å². The Morgan fingerprint density at radius 2 is 1.64 bits per heavy atom. The SMILES string of the molecule is COc1cc(C(F)(F)F)ccc1O[C@H]1C[C@H]2CC[C@@H](C1)N2Cc1ccccc1. The number of rotatable bonds is 5. The molecule has 2 aromatic carbocycles. The molecule has 2 aliphatic rings. The molecular formula is C22H24F3NO2. The maximum Gasteiger partial charge on any atom is 0.416 e. The van der Waals surface area contributed by atoms with E-state index in [0.717, 1.165) is 44.4 Å². The highest BCUT2D eigenvalue weighted by atomic mass is 19.4. The fourth-order valence-corrected chi connectivity index (χ4v) is 4.49. The first kappa shape index (κ1) is 19.1. The van der Waals surface area contributed by atoms with Crippen molar-refractivity contribution in [1.82, 2.24) is 4.90 Å². The summed E-state index contributed by atoms with van der Waals surface area (Å²) in [5.41, 5.74) is 0.581. The summed E-state index contributed by atoms with van der Waals surface area (Å²) in [6.07, 6.45) is -0.354. The maximum atomic E-state index is 12.9. The van der Waals surface area contributed by atoms with Gasteiger partial charge in [0, 0.05) is 18.6 Å². The van der Waals surface area contributed by atoms with Crippen LogP contribution in [0.15, 0.2) is 48.5 Å². The number of halogens is 3. The van der Waals surface area contributed by atoms with Crippen LogP contribution < -0.4 is 9.47 Å². The summed E-state index contributed by atoms with van der Waals surface area (Å²) >= 11 is 0. The molecule has 3 nitrogen and oxygen atoms in total. The van der Waals surface area contributed by atoms with E-state index in [1.807, 2.05) is 6.07 Å². The predicted octanol–water partition coefficient (Wildman–Crippen LogP) is 5.29. The predicted molar refractivity (Wildman–Crippen MR) is 100 cm³/mol. The summed E-state index contributed by atoms with van der Waals surface area (Å²) in [4.78, 5) is 2.55. The van der Waals surface area contributed by atoms with E-state index in [1.165, 1.54) is 18.7 Å². The molecule has 2 aromatic rings. The van der Waals surface area contributed by atoms with Gasteiger partial charge in [-0.1, -0.05) is 30.3 Å². The molecule has 2 saturated heterocycles. The van der Waals surface area contributed by atoms with Gasteiger partial charge in [-0.25, -0.2) is 0 Å². The summed E-state index contributed by atoms with van der Waals surface area (Å²) < 4.78 is 50.0. The van der Waals surface area contributed by atoms with Gasteiger partial charge in [0.2, 0.25) is 0 Å². The lowest BCUT2D eigenvalue weighted by atomic mass is 9.98. The zero-order valence-corrected chi connectivity index (χ0v) is 15.8. The Bertz CT molecular complexity index is 795. The molecule has 0 aromatic heterocycles. The smallest absolute Gasteiger partial charge is 0.416 e. The third kappa shape index (κ3) is 3.97. The van der Waals surface area contributed by atoms with Gasteiger partial charge >= 0.3 is 6.18 Å². The van der Waals surface area contributed by atoms with Gasteiger partial charge < -0.3 is 9.47 Å². The second-order valence-corrected chi connectivity index (χ2v) is 7.62. The number of methoxy groups -OCH3 is 1. The normalized spacial score (nSPS) is 24.9. The van der Waals surface area contributed by atoms with Crippen LogP contribution in [0, 0.1) is 0 Å². The quantitative estimate of drug-likeness (QED) is 0.691. The fourth-order valence-electron chi connectivity index (χ4n) is 4.49. The number of hydrogen-bond donors (Lipinski definition) is 0. The minimum Gasteiger partial charge on any atom is -0.493 e. The Balaban J connectivity index is 1.44. The van der Waals surface area contributed by atoms with Crippen LogP contribution in [0.25, 0.3) is 0 Å². The Kier molecular flexibility index (Phi) is 5.23. The van der Waals surface area contributed by atoms with E-state index >= 15 is 0 Å². The van der Waals surface area contributed by atoms with Gasteiger partial charge in [0.1, 0.15) is 6.10 Å². The minimum atomic E-state index is -4.40. The van der Waals surface area contributed by atoms with E-state index in [9.17, 15) is 13.2 Å². The molecule has 3 atom stereocenters. The van der Waals surface area contributed by atoms with E-state index in [0.29, 0.717) is 17.8 Å². The van der Waals surface area contributed by atoms with Gasteiger partial charge in [-0.15, -0.1) is 0 Å². The van der Waals surface area contributed by atoms with Crippen LogP contribution >= 0.6 is 0 Å². The Morgan fingerprint density at radius 3 is 2.25 bits per heavy atom. The molecule has 0 N–H and O–H groups in total. The molecule has 6 heteroatoms. The summed E-state index contributed by atoms with van der Waals surface area (Å²) in [5, 5.41) is 0. The van der Waals surface area contributed by atoms with Crippen LogP contribution in [0.2, 0.25) is 0 Å². The molecule has 0 unspecified atom stereocenters. The molecule has 0 amide bonds. The highest BCUT2D eigenvalue weighted by Crippen LogP contribution is 2.41. The van der Waals surface area contributed by atoms with Gasteiger partial charge in [-0.05, 0) is 49.4 Å². The largest absolute Gasteiger partial charge is 0.493 e. The first-order valence-electron chi connectivity index (χ1n) is 9.65. The van der Waals surface area contributed by atoms with Gasteiger partial charge in [0.05, 0.1) is 12.7 Å². The summed E-state index contributed by atoms with van der Waals surface area (Å²) in [6, 6.07) is 14.8. The van der Waals surface area contributed by atoms with Crippen molar-refractivity contribution < 1.29 is 22.6 Å². The molecule has 150 valence electrons. The first-order chi connectivity index (χ1) is 13.4. The van der Waals surface area contributed by atoms with Crippen molar-refractivity contribution in [2.45, 2.75) is 56.6 Å². The van der Waals surface area contributed by atoms with Crippen molar-refractivity contribution in [3.05, 3.63) is 59.7 Å². The minimum absolute atomic E-state index is 0.00448. The van der Waals surface area contributed by atoms with Gasteiger partial charge in [0.25, 0.3) is 0 Å². The molecule has 4 rings (SSSR count). The van der Waals surface area contributed by atoms with Crippen LogP contribution in [0.3, 0.4) is 0 Å². The third-order valence-electron chi connectivity index (χ3n) is 5.83. The zero-order valence-electron chi connectivity index (χ0n) is 15.8. The van der Waals surface area contributed by atoms with Crippen molar-refractivity contribution in [1.29, 1.82) is 0 Å². The number of piperidine rings is 1. The highest BCUT2D eigenvalue weighted by molar-refractivity contribution is 5.44. The molecule has 28 heavy (non-hydrogen) atoms. The Hall–Kier alpha value is -2.21. The average Bonchev–Trinajstić information content (AvgIpc) is 2.90. The molecule has 2 bridgehead atoms. The van der Waals surface area contributed by atoms with Crippen LogP contribution in [0.5, 0.6) is 11.5 Å². The van der Waals surface area contributed by atoms with E-state index in [1.54, 1.807) is 0 Å². The lowest BCUT2D eigenvalue weighted by Gasteiger charge is -2.39. The second-order valence-electron chi connectivity index (χ2n) is 7.62. The lowest BCUT2D eigenvalue weighted by Crippen LogP contribution is -2.45. The molecule has 0 aliphatic carbocycles. The van der Waals surface area contributed by atoms with Gasteiger partial charge in [-0.3, -0.25) is 4.90 Å². The summed E-state index contributed by atoms with van der Waals surface area (Å²) in [5.74, 6) is 0.519. The van der Waals surface area contributed by atoms with Crippen molar-refractivity contribution in [2.24, 2.45) is 0 Å². The van der Waals surface area contributed by atoms with Crippen molar-refractivity contribution in [3.8, 4) is 11.5 Å². The standard InChI is InChI=1S/C22H24F3NO2/c1-27-21-11-16(22(23,24)25)7-10-20(21)28-19-12-17-8-9-18(13-19)26(17)14-15-5-3-2-4-6-15/h2-7,10-11,17-19H,8-9,12-14H2,1H3/t17-,18+,19+. The average molecular weight is 391 g/mol. The number of ether oxygens (including phenoxy) is 2. The molecule has 0 spiro atoms. The van der Waals surface area contributed by atoms with Gasteiger partial charge in [-0.2, -0.15) is 13.2 Å². The summed E-state index contributed by atoms with van der Waals surface area (Å²) in [6.45, 7) is 0.937. The molecule has 0 saturated carbocycles. The van der Waals surface area contributed by atoms with Crippen LogP contribution in [0.1, 0.15) is 36.8 Å². The monoisotopic (exact) mass is 391 g/mol. The fraction of sp³-hybridized carbons (Fsp3) is 0.455. The number of hydrogen-bond acceptors (Lipinski definition) is 3. The number of alkyl halides is 3. The lowest BCUT2D eigenvalue weighted by molar-refractivity contribution is -0.137. The summed E-state index contributed by atoms with van der Waals surface area (Å²) in [7, 11) is 1.37. The number of nitrogens with zero attached hydrogens (tertiary/aromatic N) is 1. The molecular weight excluding hydrogens is 367 g/mol. The van der Waals surface area contributed by atoms with Gasteiger partial charge in [0.15, 0.2) is 11.5 Å². The molecule has 2 aliphatic heterocycles. The van der Waals surface area contributed by atoms with Crippen molar-refractivity contribution >= 4 is 0 Å². The maximum absolute atomic E-state index is 12.9. The molecule has 2 fully saturated rings. The topological polar surface area (TPSA) is 21.7 Å². The molecule has 2 heterocycles.